The first kappa shape index (κ1) is 42.7. The molecular weight excluding hydrogens is 879 g/mol. The van der Waals surface area contributed by atoms with Gasteiger partial charge in [0.15, 0.2) is 0 Å². The molecule has 0 radical (unpaired) electrons. The van der Waals surface area contributed by atoms with Gasteiger partial charge < -0.3 is 4.90 Å². The average Bonchev–Trinajstić information content (AvgIpc) is 3.99. The monoisotopic (exact) mass is 935 g/mol. The Morgan fingerprint density at radius 2 is 0.932 bits per heavy atom. The summed E-state index contributed by atoms with van der Waals surface area (Å²) in [7, 11) is 0. The van der Waals surface area contributed by atoms with Crippen LogP contribution in [0.4, 0.5) is 17.1 Å². The molecule has 9 aromatic carbocycles. The minimum absolute atomic E-state index is 0.121. The van der Waals surface area contributed by atoms with Crippen molar-refractivity contribution in [3.63, 3.8) is 0 Å². The molecule has 0 aromatic heterocycles. The molecule has 0 saturated heterocycles. The first-order valence-electron chi connectivity index (χ1n) is 26.5. The lowest BCUT2D eigenvalue weighted by Crippen LogP contribution is -2.48. The highest BCUT2D eigenvalue weighted by atomic mass is 15.1. The lowest BCUT2D eigenvalue weighted by atomic mass is 9.48. The third-order valence-electron chi connectivity index (χ3n) is 18.8. The molecule has 1 aliphatic heterocycles. The summed E-state index contributed by atoms with van der Waals surface area (Å²) in [5.41, 5.74) is 27.6. The normalized spacial score (nSPS) is 22.5. The van der Waals surface area contributed by atoms with Gasteiger partial charge in [0.25, 0.3) is 0 Å². The fourth-order valence-electron chi connectivity index (χ4n) is 15.8. The summed E-state index contributed by atoms with van der Waals surface area (Å²) < 4.78 is 0. The zero-order valence-corrected chi connectivity index (χ0v) is 42.2. The molecule has 1 nitrogen and oxygen atoms in total. The molecule has 4 unspecified atom stereocenters. The summed E-state index contributed by atoms with van der Waals surface area (Å²) in [6, 6.07) is 81.9. The Balaban J connectivity index is 1.10. The molecule has 0 saturated carbocycles. The van der Waals surface area contributed by atoms with Gasteiger partial charge >= 0.3 is 0 Å². The van der Waals surface area contributed by atoms with E-state index in [9.17, 15) is 0 Å². The van der Waals surface area contributed by atoms with Gasteiger partial charge in [-0.1, -0.05) is 240 Å². The van der Waals surface area contributed by atoms with Crippen LogP contribution in [0.5, 0.6) is 0 Å². The Hall–Kier alpha value is -8.00. The Bertz CT molecular complexity index is 3860. The van der Waals surface area contributed by atoms with E-state index in [2.05, 4.69) is 270 Å². The third kappa shape index (κ3) is 5.32. The van der Waals surface area contributed by atoms with Gasteiger partial charge in [0, 0.05) is 33.7 Å². The van der Waals surface area contributed by atoms with Crippen molar-refractivity contribution in [3.8, 4) is 33.4 Å². The number of fused-ring (bicyclic) bond motifs is 14. The van der Waals surface area contributed by atoms with Gasteiger partial charge in [0.05, 0.1) is 16.5 Å². The van der Waals surface area contributed by atoms with Crippen LogP contribution in [0.15, 0.2) is 242 Å². The maximum atomic E-state index is 2.67. The number of nitrogens with zero attached hydrogens (tertiary/aromatic N) is 1. The number of allylic oxidation sites excluding steroid dienone is 6. The molecule has 1 heteroatoms. The number of rotatable bonds is 4. The molecule has 73 heavy (non-hydrogen) atoms. The van der Waals surface area contributed by atoms with Gasteiger partial charge in [-0.25, -0.2) is 0 Å². The van der Waals surface area contributed by atoms with Crippen LogP contribution >= 0.6 is 0 Å². The average molecular weight is 936 g/mol. The van der Waals surface area contributed by atoms with Crippen molar-refractivity contribution >= 4 is 22.6 Å². The molecule has 350 valence electrons. The number of anilines is 3. The Morgan fingerprint density at radius 1 is 0.425 bits per heavy atom. The van der Waals surface area contributed by atoms with E-state index >= 15 is 0 Å². The fraction of sp³-hybridized carbons (Fsp3) is 0.167. The predicted octanol–water partition coefficient (Wildman–Crippen LogP) is 18.1. The Kier molecular flexibility index (Phi) is 8.78. The van der Waals surface area contributed by atoms with Crippen molar-refractivity contribution in [1.82, 2.24) is 0 Å². The molecule has 5 aliphatic carbocycles. The van der Waals surface area contributed by atoms with E-state index in [0.29, 0.717) is 5.92 Å². The van der Waals surface area contributed by atoms with Crippen molar-refractivity contribution in [2.24, 2.45) is 17.3 Å². The summed E-state index contributed by atoms with van der Waals surface area (Å²) in [6.07, 6.45) is 8.73. The largest absolute Gasteiger partial charge is 0.310 e. The molecule has 1 heterocycles. The first-order chi connectivity index (χ1) is 35.7. The van der Waals surface area contributed by atoms with Crippen molar-refractivity contribution in [2.45, 2.75) is 57.3 Å². The second kappa shape index (κ2) is 15.0. The van der Waals surface area contributed by atoms with Gasteiger partial charge in [-0.15, -0.1) is 0 Å². The lowest BCUT2D eigenvalue weighted by Gasteiger charge is -2.53. The Morgan fingerprint density at radius 3 is 1.58 bits per heavy atom. The first-order valence-corrected chi connectivity index (χ1v) is 26.5. The van der Waals surface area contributed by atoms with E-state index in [1.54, 1.807) is 11.1 Å². The summed E-state index contributed by atoms with van der Waals surface area (Å²) >= 11 is 0. The molecule has 4 atom stereocenters. The second-order valence-electron chi connectivity index (χ2n) is 22.4. The van der Waals surface area contributed by atoms with E-state index in [-0.39, 0.29) is 11.3 Å². The van der Waals surface area contributed by atoms with Crippen LogP contribution < -0.4 is 4.90 Å². The molecule has 0 amide bonds. The molecule has 4 bridgehead atoms. The molecule has 0 N–H and O–H groups in total. The maximum absolute atomic E-state index is 2.67. The topological polar surface area (TPSA) is 3.24 Å². The Labute approximate surface area is 430 Å². The maximum Gasteiger partial charge on any atom is 0.0714 e. The predicted molar refractivity (Wildman–Crippen MR) is 303 cm³/mol. The molecular formula is C72H57N. The highest BCUT2D eigenvalue weighted by molar-refractivity contribution is 5.98. The lowest BCUT2D eigenvalue weighted by molar-refractivity contribution is 0.317. The number of hydrogen-bond donors (Lipinski definition) is 0. The van der Waals surface area contributed by atoms with E-state index in [1.807, 2.05) is 0 Å². The van der Waals surface area contributed by atoms with Gasteiger partial charge in [-0.2, -0.15) is 0 Å². The summed E-state index contributed by atoms with van der Waals surface area (Å²) in [4.78, 5) is 2.67. The van der Waals surface area contributed by atoms with E-state index in [0.717, 1.165) is 17.8 Å². The van der Waals surface area contributed by atoms with Crippen molar-refractivity contribution in [2.75, 3.05) is 4.90 Å². The van der Waals surface area contributed by atoms with E-state index in [4.69, 9.17) is 0 Å². The molecule has 0 spiro atoms. The SMILES string of the molecule is CC1C=CC2(C)C3=C1CC=C(c1cc4c(cc1N(c1ccc5c(c1)C(c1ccccc1)(c1ccccc1)c1ccccc1-5)c1ccc5c(c1)C2(c1ccccc1)c1ccccc1-5)C(C)(C)c1ccccc1-4)C3C. The minimum atomic E-state index is -0.553. The van der Waals surface area contributed by atoms with E-state index in [1.165, 1.54) is 100 Å². The van der Waals surface area contributed by atoms with Crippen molar-refractivity contribution in [3.05, 3.63) is 297 Å². The van der Waals surface area contributed by atoms with Gasteiger partial charge in [0.1, 0.15) is 0 Å². The summed E-state index contributed by atoms with van der Waals surface area (Å²) in [5.74, 6) is 0.452. The van der Waals surface area contributed by atoms with Crippen LogP contribution in [0.1, 0.15) is 96.7 Å². The minimum Gasteiger partial charge on any atom is -0.310 e. The molecule has 15 rings (SSSR count). The molecule has 0 fully saturated rings. The third-order valence-corrected chi connectivity index (χ3v) is 18.8. The quantitative estimate of drug-likeness (QED) is 0.159. The van der Waals surface area contributed by atoms with Gasteiger partial charge in [-0.05, 0) is 138 Å². The van der Waals surface area contributed by atoms with Gasteiger partial charge in [-0.3, -0.25) is 0 Å². The zero-order valence-electron chi connectivity index (χ0n) is 42.2. The van der Waals surface area contributed by atoms with Crippen molar-refractivity contribution < 1.29 is 0 Å². The fourth-order valence-corrected chi connectivity index (χ4v) is 15.8. The number of hydrogen-bond acceptors (Lipinski definition) is 1. The van der Waals surface area contributed by atoms with E-state index < -0.39 is 16.2 Å². The second-order valence-corrected chi connectivity index (χ2v) is 22.4. The van der Waals surface area contributed by atoms with Crippen LogP contribution in [0.2, 0.25) is 0 Å². The molecule has 6 aliphatic rings. The summed E-state index contributed by atoms with van der Waals surface area (Å²) in [5, 5.41) is 0. The summed E-state index contributed by atoms with van der Waals surface area (Å²) in [6.45, 7) is 12.4. The van der Waals surface area contributed by atoms with Crippen molar-refractivity contribution in [1.29, 1.82) is 0 Å². The highest BCUT2D eigenvalue weighted by Crippen LogP contribution is 2.69. The van der Waals surface area contributed by atoms with Crippen LogP contribution in [0.25, 0.3) is 39.0 Å². The molecule has 9 aromatic rings. The van der Waals surface area contributed by atoms with Crippen LogP contribution in [-0.2, 0) is 16.2 Å². The smallest absolute Gasteiger partial charge is 0.0714 e. The van der Waals surface area contributed by atoms with Gasteiger partial charge in [0.2, 0.25) is 0 Å². The van der Waals surface area contributed by atoms with Crippen LogP contribution in [0.3, 0.4) is 0 Å². The number of benzene rings is 9. The highest BCUT2D eigenvalue weighted by Gasteiger charge is 2.60. The van der Waals surface area contributed by atoms with Crippen LogP contribution in [0, 0.1) is 17.3 Å². The van der Waals surface area contributed by atoms with Crippen LogP contribution in [-0.4, -0.2) is 0 Å². The standard InChI is InChI=1S/C72H57N/c1-45-39-40-70(5)68-46(2)53(38-37-52(45)68)60-43-59-56-29-15-18-30-61(56)69(3,4)64(59)44-67(60)73(51-34-36-58-55-28-17-20-32-63(55)72(70,66(58)42-51)49-25-13-8-14-26-49)50-33-35-57-54-27-16-19-31-62(54)71(65(57)41-50,47-21-9-6-10-22-47)48-23-11-7-12-24-48/h6-36,38-46H,37H2,1-5H3. The zero-order chi connectivity index (χ0) is 49.0.